The van der Waals surface area contributed by atoms with Crippen LogP contribution in [0.15, 0.2) is 53.4 Å². The molecule has 0 spiro atoms. The molecule has 0 aliphatic rings. The molecule has 27 heavy (non-hydrogen) atoms. The van der Waals surface area contributed by atoms with Crippen molar-refractivity contribution in [2.24, 2.45) is 0 Å². The zero-order valence-electron chi connectivity index (χ0n) is 15.7. The van der Waals surface area contributed by atoms with Gasteiger partial charge in [-0.3, -0.25) is 9.52 Å². The Bertz CT molecular complexity index is 852. The van der Waals surface area contributed by atoms with Crippen LogP contribution >= 0.6 is 0 Å². The minimum absolute atomic E-state index is 0.0959. The number of hydrogen-bond donors (Lipinski definition) is 2. The fourth-order valence-electron chi connectivity index (χ4n) is 2.47. The number of nitrogens with one attached hydrogen (secondary N) is 2. The number of para-hydroxylation sites is 1. The molecule has 0 bridgehead atoms. The lowest BCUT2D eigenvalue weighted by Gasteiger charge is -2.12. The van der Waals surface area contributed by atoms with Crippen molar-refractivity contribution in [3.8, 4) is 5.75 Å². The molecule has 0 saturated carbocycles. The highest BCUT2D eigenvalue weighted by Gasteiger charge is 2.16. The molecule has 6 nitrogen and oxygen atoms in total. The number of amides is 1. The maximum atomic E-state index is 12.5. The summed E-state index contributed by atoms with van der Waals surface area (Å²) in [5.74, 6) is 0.297. The van der Waals surface area contributed by atoms with Gasteiger partial charge in [0.1, 0.15) is 5.75 Å². The average Bonchev–Trinajstić information content (AvgIpc) is 2.64. The Morgan fingerprint density at radius 3 is 2.48 bits per heavy atom. The van der Waals surface area contributed by atoms with Crippen molar-refractivity contribution < 1.29 is 17.9 Å². The van der Waals surface area contributed by atoms with Gasteiger partial charge >= 0.3 is 0 Å². The number of rotatable bonds is 10. The van der Waals surface area contributed by atoms with Crippen molar-refractivity contribution in [2.75, 3.05) is 17.9 Å². The van der Waals surface area contributed by atoms with Crippen LogP contribution in [0.25, 0.3) is 0 Å². The number of anilines is 1. The van der Waals surface area contributed by atoms with E-state index >= 15 is 0 Å². The van der Waals surface area contributed by atoms with Crippen LogP contribution in [0.5, 0.6) is 5.75 Å². The fourth-order valence-corrected chi connectivity index (χ4v) is 3.61. The maximum Gasteiger partial charge on any atom is 0.261 e. The number of carbonyl (C=O) groups excluding carboxylic acids is 1. The van der Waals surface area contributed by atoms with Crippen molar-refractivity contribution >= 4 is 21.6 Å². The molecule has 0 atom stereocenters. The van der Waals surface area contributed by atoms with E-state index in [0.29, 0.717) is 23.5 Å². The van der Waals surface area contributed by atoms with E-state index in [0.717, 1.165) is 19.3 Å². The van der Waals surface area contributed by atoms with E-state index in [-0.39, 0.29) is 17.4 Å². The summed E-state index contributed by atoms with van der Waals surface area (Å²) in [6.45, 7) is 4.39. The highest BCUT2D eigenvalue weighted by atomic mass is 32.2. The molecular weight excluding hydrogens is 364 g/mol. The number of benzene rings is 2. The first-order valence-corrected chi connectivity index (χ1v) is 10.5. The third-order valence-electron chi connectivity index (χ3n) is 3.94. The molecule has 0 aliphatic carbocycles. The van der Waals surface area contributed by atoms with Crippen LogP contribution in [0, 0.1) is 6.92 Å². The first-order valence-electron chi connectivity index (χ1n) is 9.00. The highest BCUT2D eigenvalue weighted by Crippen LogP contribution is 2.23. The van der Waals surface area contributed by atoms with Crippen molar-refractivity contribution in [1.82, 2.24) is 5.32 Å². The summed E-state index contributed by atoms with van der Waals surface area (Å²) in [4.78, 5) is 11.9. The van der Waals surface area contributed by atoms with Crippen LogP contribution in [-0.2, 0) is 14.8 Å². The predicted octanol–water partition coefficient (Wildman–Crippen LogP) is 3.48. The van der Waals surface area contributed by atoms with E-state index in [4.69, 9.17) is 4.74 Å². The molecule has 0 aromatic heterocycles. The number of ether oxygens (including phenoxy) is 1. The molecule has 2 aromatic carbocycles. The van der Waals surface area contributed by atoms with E-state index < -0.39 is 10.0 Å². The SMILES string of the molecule is CCCCCNC(=O)COc1ccc(S(=O)(=O)Nc2ccccc2)cc1C. The van der Waals surface area contributed by atoms with Gasteiger partial charge in [-0.05, 0) is 49.2 Å². The minimum atomic E-state index is -3.69. The van der Waals surface area contributed by atoms with E-state index in [1.165, 1.54) is 12.1 Å². The Balaban J connectivity index is 1.95. The Morgan fingerprint density at radius 1 is 1.07 bits per heavy atom. The Hall–Kier alpha value is -2.54. The van der Waals surface area contributed by atoms with Crippen LogP contribution in [-0.4, -0.2) is 27.5 Å². The topological polar surface area (TPSA) is 84.5 Å². The standard InChI is InChI=1S/C20H26N2O4S/c1-3-4-8-13-21-20(23)15-26-19-12-11-18(14-16(19)2)27(24,25)22-17-9-6-5-7-10-17/h5-7,9-12,14,22H,3-4,8,13,15H2,1-2H3,(H,21,23). The van der Waals surface area contributed by atoms with Crippen molar-refractivity contribution in [3.05, 3.63) is 54.1 Å². The van der Waals surface area contributed by atoms with Crippen LogP contribution in [0.2, 0.25) is 0 Å². The monoisotopic (exact) mass is 390 g/mol. The summed E-state index contributed by atoms with van der Waals surface area (Å²) in [5.41, 5.74) is 1.14. The second-order valence-electron chi connectivity index (χ2n) is 6.24. The van der Waals surface area contributed by atoms with Gasteiger partial charge in [-0.15, -0.1) is 0 Å². The van der Waals surface area contributed by atoms with Gasteiger partial charge in [0, 0.05) is 12.2 Å². The number of sulfonamides is 1. The number of hydrogen-bond acceptors (Lipinski definition) is 4. The van der Waals surface area contributed by atoms with Crippen LogP contribution in [0.1, 0.15) is 31.7 Å². The van der Waals surface area contributed by atoms with Gasteiger partial charge in [0.2, 0.25) is 0 Å². The molecule has 0 heterocycles. The number of unbranched alkanes of at least 4 members (excludes halogenated alkanes) is 2. The average molecular weight is 391 g/mol. The molecule has 2 aromatic rings. The second kappa shape index (κ2) is 9.97. The van der Waals surface area contributed by atoms with Gasteiger partial charge in [0.05, 0.1) is 4.90 Å². The number of carbonyl (C=O) groups is 1. The molecule has 0 fully saturated rings. The molecule has 0 radical (unpaired) electrons. The van der Waals surface area contributed by atoms with E-state index in [9.17, 15) is 13.2 Å². The van der Waals surface area contributed by atoms with E-state index in [1.54, 1.807) is 37.3 Å². The largest absolute Gasteiger partial charge is 0.484 e. The van der Waals surface area contributed by atoms with Crippen LogP contribution in [0.4, 0.5) is 5.69 Å². The molecule has 0 saturated heterocycles. The van der Waals surface area contributed by atoms with Gasteiger partial charge in [-0.25, -0.2) is 8.42 Å². The summed E-state index contributed by atoms with van der Waals surface area (Å²) in [5, 5.41) is 2.80. The van der Waals surface area contributed by atoms with Gasteiger partial charge in [-0.2, -0.15) is 0 Å². The second-order valence-corrected chi connectivity index (χ2v) is 7.93. The fraction of sp³-hybridized carbons (Fsp3) is 0.350. The van der Waals surface area contributed by atoms with Gasteiger partial charge in [-0.1, -0.05) is 38.0 Å². The first kappa shape index (κ1) is 20.8. The molecule has 2 N–H and O–H groups in total. The Labute approximate surface area is 161 Å². The summed E-state index contributed by atoms with van der Waals surface area (Å²) in [6.07, 6.45) is 3.12. The quantitative estimate of drug-likeness (QED) is 0.608. The van der Waals surface area contributed by atoms with Crippen molar-refractivity contribution in [1.29, 1.82) is 0 Å². The lowest BCUT2D eigenvalue weighted by Crippen LogP contribution is -2.29. The third-order valence-corrected chi connectivity index (χ3v) is 5.32. The Morgan fingerprint density at radius 2 is 1.81 bits per heavy atom. The Kier molecular flexibility index (Phi) is 7.67. The number of aryl methyl sites for hydroxylation is 1. The third kappa shape index (κ3) is 6.60. The summed E-state index contributed by atoms with van der Waals surface area (Å²) in [6, 6.07) is 13.3. The summed E-state index contributed by atoms with van der Waals surface area (Å²) in [7, 11) is -3.69. The molecule has 2 rings (SSSR count). The predicted molar refractivity (Wildman–Crippen MR) is 106 cm³/mol. The lowest BCUT2D eigenvalue weighted by molar-refractivity contribution is -0.123. The molecule has 0 unspecified atom stereocenters. The molecule has 7 heteroatoms. The lowest BCUT2D eigenvalue weighted by atomic mass is 10.2. The summed E-state index contributed by atoms with van der Waals surface area (Å²) < 4.78 is 33.0. The zero-order valence-corrected chi connectivity index (χ0v) is 16.5. The molecule has 146 valence electrons. The normalized spacial score (nSPS) is 11.0. The summed E-state index contributed by atoms with van der Waals surface area (Å²) >= 11 is 0. The van der Waals surface area contributed by atoms with Crippen molar-refractivity contribution in [2.45, 2.75) is 38.0 Å². The first-order chi connectivity index (χ1) is 12.9. The van der Waals surface area contributed by atoms with Gasteiger partial charge in [0.25, 0.3) is 15.9 Å². The van der Waals surface area contributed by atoms with Gasteiger partial charge < -0.3 is 10.1 Å². The smallest absolute Gasteiger partial charge is 0.261 e. The van der Waals surface area contributed by atoms with Crippen molar-refractivity contribution in [3.63, 3.8) is 0 Å². The van der Waals surface area contributed by atoms with E-state index in [1.807, 2.05) is 6.07 Å². The van der Waals surface area contributed by atoms with Crippen LogP contribution < -0.4 is 14.8 Å². The highest BCUT2D eigenvalue weighted by molar-refractivity contribution is 7.92. The zero-order chi connectivity index (χ0) is 19.7. The minimum Gasteiger partial charge on any atom is -0.484 e. The molecule has 1 amide bonds. The van der Waals surface area contributed by atoms with Crippen LogP contribution in [0.3, 0.4) is 0 Å². The van der Waals surface area contributed by atoms with Gasteiger partial charge in [0.15, 0.2) is 6.61 Å². The molecule has 0 aliphatic heterocycles. The maximum absolute atomic E-state index is 12.5. The van der Waals surface area contributed by atoms with E-state index in [2.05, 4.69) is 17.0 Å². The molecular formula is C20H26N2O4S.